The summed E-state index contributed by atoms with van der Waals surface area (Å²) in [5.74, 6) is 0.377. The second kappa shape index (κ2) is 5.38. The lowest BCUT2D eigenvalue weighted by molar-refractivity contribution is 0.0987. The molecule has 5 heteroatoms. The first-order valence-electron chi connectivity index (χ1n) is 6.21. The lowest BCUT2D eigenvalue weighted by atomic mass is 10.1. The zero-order chi connectivity index (χ0) is 14.1. The third kappa shape index (κ3) is 2.37. The van der Waals surface area contributed by atoms with Gasteiger partial charge in [0, 0.05) is 22.9 Å². The minimum absolute atomic E-state index is 0.0918. The summed E-state index contributed by atoms with van der Waals surface area (Å²) in [5.41, 5.74) is 1.31. The molecule has 0 bridgehead atoms. The Kier molecular flexibility index (Phi) is 3.59. The average molecular weight is 306 g/mol. The van der Waals surface area contributed by atoms with Crippen LogP contribution in [0.4, 0.5) is 5.69 Å². The predicted octanol–water partition coefficient (Wildman–Crippen LogP) is 3.11. The van der Waals surface area contributed by atoms with Gasteiger partial charge in [0.05, 0.1) is 21.4 Å². The lowest BCUT2D eigenvalue weighted by Crippen LogP contribution is -2.38. The van der Waals surface area contributed by atoms with Crippen LogP contribution in [0.15, 0.2) is 53.4 Å². The van der Waals surface area contributed by atoms with Crippen molar-refractivity contribution < 1.29 is 9.00 Å². The number of para-hydroxylation sites is 1. The maximum Gasteiger partial charge on any atom is 0.258 e. The number of carbonyl (C=O) groups is 1. The predicted molar refractivity (Wildman–Crippen MR) is 80.8 cm³/mol. The van der Waals surface area contributed by atoms with Gasteiger partial charge in [0.15, 0.2) is 0 Å². The summed E-state index contributed by atoms with van der Waals surface area (Å²) in [7, 11) is -1.03. The largest absolute Gasteiger partial charge is 0.306 e. The first kappa shape index (κ1) is 13.3. The molecule has 0 radical (unpaired) electrons. The zero-order valence-corrected chi connectivity index (χ0v) is 12.2. The third-order valence-corrected chi connectivity index (χ3v) is 4.88. The molecule has 1 amide bonds. The van der Waals surface area contributed by atoms with Gasteiger partial charge in [-0.25, -0.2) is 0 Å². The first-order chi connectivity index (χ1) is 9.66. The number of hydrogen-bond donors (Lipinski definition) is 0. The molecule has 0 saturated carbocycles. The molecule has 1 unspecified atom stereocenters. The van der Waals surface area contributed by atoms with Crippen LogP contribution in [0.2, 0.25) is 5.02 Å². The Balaban J connectivity index is 1.99. The van der Waals surface area contributed by atoms with E-state index in [9.17, 15) is 9.00 Å². The van der Waals surface area contributed by atoms with Crippen LogP contribution in [0, 0.1) is 0 Å². The number of rotatable bonds is 1. The quantitative estimate of drug-likeness (QED) is 0.812. The van der Waals surface area contributed by atoms with E-state index in [1.54, 1.807) is 29.2 Å². The highest BCUT2D eigenvalue weighted by Crippen LogP contribution is 2.29. The van der Waals surface area contributed by atoms with Crippen molar-refractivity contribution in [2.45, 2.75) is 4.90 Å². The normalized spacial score (nSPS) is 17.6. The molecular formula is C15H12ClNO2S. The van der Waals surface area contributed by atoms with E-state index in [4.69, 9.17) is 11.6 Å². The molecule has 1 atom stereocenters. The number of amides is 1. The molecule has 0 aromatic heterocycles. The van der Waals surface area contributed by atoms with Crippen molar-refractivity contribution in [3.8, 4) is 0 Å². The molecule has 1 aliphatic rings. The van der Waals surface area contributed by atoms with E-state index < -0.39 is 10.8 Å². The van der Waals surface area contributed by atoms with Gasteiger partial charge in [-0.15, -0.1) is 0 Å². The fourth-order valence-corrected chi connectivity index (χ4v) is 3.57. The lowest BCUT2D eigenvalue weighted by Gasteiger charge is -2.28. The van der Waals surface area contributed by atoms with E-state index in [1.165, 1.54) is 0 Å². The molecule has 1 heterocycles. The number of hydrogen-bond acceptors (Lipinski definition) is 2. The second-order valence-corrected chi connectivity index (χ2v) is 6.46. The minimum Gasteiger partial charge on any atom is -0.306 e. The number of halogens is 1. The molecule has 0 N–H and O–H groups in total. The van der Waals surface area contributed by atoms with Crippen LogP contribution in [0.1, 0.15) is 10.4 Å². The topological polar surface area (TPSA) is 37.4 Å². The van der Waals surface area contributed by atoms with Gasteiger partial charge < -0.3 is 4.90 Å². The van der Waals surface area contributed by atoms with Crippen molar-refractivity contribution in [1.82, 2.24) is 0 Å². The summed E-state index contributed by atoms with van der Waals surface area (Å²) in [6.45, 7) is 0.463. The first-order valence-corrected chi connectivity index (χ1v) is 7.91. The molecule has 2 aromatic rings. The molecule has 0 saturated heterocycles. The fourth-order valence-electron chi connectivity index (χ4n) is 2.24. The molecular weight excluding hydrogens is 294 g/mol. The Labute approximate surface area is 124 Å². The third-order valence-electron chi connectivity index (χ3n) is 3.24. The summed E-state index contributed by atoms with van der Waals surface area (Å²) in [5, 5.41) is 0.599. The van der Waals surface area contributed by atoms with Gasteiger partial charge in [-0.2, -0.15) is 0 Å². The Hall–Kier alpha value is -1.65. The van der Waals surface area contributed by atoms with E-state index >= 15 is 0 Å². The summed E-state index contributed by atoms with van der Waals surface area (Å²) in [4.78, 5) is 15.0. The van der Waals surface area contributed by atoms with Crippen LogP contribution >= 0.6 is 11.6 Å². The Morgan fingerprint density at radius 1 is 1.10 bits per heavy atom. The average Bonchev–Trinajstić information content (AvgIpc) is 2.48. The zero-order valence-electron chi connectivity index (χ0n) is 10.6. The molecule has 3 nitrogen and oxygen atoms in total. The number of carbonyl (C=O) groups excluding carboxylic acids is 1. The SMILES string of the molecule is O=C(c1ccc(Cl)cc1)N1CCS(=O)c2ccccc21. The van der Waals surface area contributed by atoms with Crippen LogP contribution in [0.5, 0.6) is 0 Å². The van der Waals surface area contributed by atoms with Crippen LogP contribution in [-0.2, 0) is 10.8 Å². The summed E-state index contributed by atoms with van der Waals surface area (Å²) >= 11 is 5.84. The van der Waals surface area contributed by atoms with Crippen LogP contribution in [0.3, 0.4) is 0 Å². The number of anilines is 1. The Bertz CT molecular complexity index is 685. The van der Waals surface area contributed by atoms with Crippen LogP contribution < -0.4 is 4.90 Å². The second-order valence-electron chi connectivity index (χ2n) is 4.48. The van der Waals surface area contributed by atoms with Crippen molar-refractivity contribution in [2.75, 3.05) is 17.2 Å². The maximum atomic E-state index is 12.6. The number of fused-ring (bicyclic) bond motifs is 1. The van der Waals surface area contributed by atoms with Gasteiger partial charge in [0.2, 0.25) is 0 Å². The Morgan fingerprint density at radius 3 is 2.55 bits per heavy atom. The molecule has 3 rings (SSSR count). The van der Waals surface area contributed by atoms with Crippen molar-refractivity contribution >= 4 is 34.0 Å². The van der Waals surface area contributed by atoms with Gasteiger partial charge in [-0.3, -0.25) is 9.00 Å². The maximum absolute atomic E-state index is 12.6. The number of nitrogens with zero attached hydrogens (tertiary/aromatic N) is 1. The minimum atomic E-state index is -1.03. The standard InChI is InChI=1S/C15H12ClNO2S/c16-12-7-5-11(6-8-12)15(18)17-9-10-20(19)14-4-2-1-3-13(14)17/h1-8H,9-10H2. The van der Waals surface area contributed by atoms with Gasteiger partial charge >= 0.3 is 0 Å². The number of benzene rings is 2. The highest BCUT2D eigenvalue weighted by molar-refractivity contribution is 7.85. The van der Waals surface area contributed by atoms with Crippen molar-refractivity contribution in [1.29, 1.82) is 0 Å². The van der Waals surface area contributed by atoms with E-state index in [0.717, 1.165) is 10.6 Å². The molecule has 1 aliphatic heterocycles. The van der Waals surface area contributed by atoms with Crippen molar-refractivity contribution in [3.05, 3.63) is 59.1 Å². The highest BCUT2D eigenvalue weighted by Gasteiger charge is 2.26. The molecule has 0 spiro atoms. The molecule has 20 heavy (non-hydrogen) atoms. The van der Waals surface area contributed by atoms with Crippen molar-refractivity contribution in [3.63, 3.8) is 0 Å². The monoisotopic (exact) mass is 305 g/mol. The van der Waals surface area contributed by atoms with Gasteiger partial charge in [0.1, 0.15) is 0 Å². The molecule has 2 aromatic carbocycles. The van der Waals surface area contributed by atoms with Crippen LogP contribution in [-0.4, -0.2) is 22.4 Å². The van der Waals surface area contributed by atoms with Gasteiger partial charge in [0.25, 0.3) is 5.91 Å². The summed E-state index contributed by atoms with van der Waals surface area (Å²) in [6.07, 6.45) is 0. The smallest absolute Gasteiger partial charge is 0.258 e. The van der Waals surface area contributed by atoms with Gasteiger partial charge in [-0.1, -0.05) is 23.7 Å². The molecule has 102 valence electrons. The van der Waals surface area contributed by atoms with E-state index in [-0.39, 0.29) is 5.91 Å². The Morgan fingerprint density at radius 2 is 1.80 bits per heavy atom. The van der Waals surface area contributed by atoms with Crippen molar-refractivity contribution in [2.24, 2.45) is 0 Å². The van der Waals surface area contributed by atoms with E-state index in [2.05, 4.69) is 0 Å². The van der Waals surface area contributed by atoms with Gasteiger partial charge in [-0.05, 0) is 36.4 Å². The van der Waals surface area contributed by atoms with E-state index in [1.807, 2.05) is 24.3 Å². The summed E-state index contributed by atoms with van der Waals surface area (Å²) in [6, 6.07) is 14.1. The summed E-state index contributed by atoms with van der Waals surface area (Å²) < 4.78 is 12.0. The van der Waals surface area contributed by atoms with E-state index in [0.29, 0.717) is 22.9 Å². The highest BCUT2D eigenvalue weighted by atomic mass is 35.5. The van der Waals surface area contributed by atoms with Crippen LogP contribution in [0.25, 0.3) is 0 Å². The molecule has 0 aliphatic carbocycles. The fraction of sp³-hybridized carbons (Fsp3) is 0.133. The molecule has 0 fully saturated rings.